The van der Waals surface area contributed by atoms with E-state index in [1.54, 1.807) is 22.6 Å². The quantitative estimate of drug-likeness (QED) is 0.449. The van der Waals surface area contributed by atoms with Gasteiger partial charge in [0.15, 0.2) is 0 Å². The van der Waals surface area contributed by atoms with E-state index in [4.69, 9.17) is 0 Å². The second-order valence-electron chi connectivity index (χ2n) is 3.31. The van der Waals surface area contributed by atoms with Crippen molar-refractivity contribution in [2.45, 2.75) is 19.5 Å². The molecule has 0 aliphatic carbocycles. The molecule has 0 bridgehead atoms. The Morgan fingerprint density at radius 3 is 2.58 bits per heavy atom. The lowest BCUT2D eigenvalue weighted by Crippen LogP contribution is -2.19. The molecule has 0 amide bonds. The molecule has 9 heteroatoms. The van der Waals surface area contributed by atoms with Gasteiger partial charge >= 0.3 is 12.3 Å². The number of halogens is 5. The summed E-state index contributed by atoms with van der Waals surface area (Å²) in [6, 6.07) is 0.843. The van der Waals surface area contributed by atoms with E-state index in [9.17, 15) is 22.4 Å². The first-order chi connectivity index (χ1) is 8.76. The summed E-state index contributed by atoms with van der Waals surface area (Å²) in [4.78, 5) is 14.6. The average Bonchev–Trinajstić information content (AvgIpc) is 2.30. The zero-order chi connectivity index (χ0) is 14.6. The van der Waals surface area contributed by atoms with E-state index >= 15 is 0 Å². The molecule has 0 saturated heterocycles. The highest BCUT2D eigenvalue weighted by Crippen LogP contribution is 2.26. The van der Waals surface area contributed by atoms with Gasteiger partial charge in [-0.2, -0.15) is 0 Å². The van der Waals surface area contributed by atoms with Gasteiger partial charge in [0.25, 0.3) is 0 Å². The van der Waals surface area contributed by atoms with Crippen molar-refractivity contribution in [1.82, 2.24) is 4.98 Å². The summed E-state index contributed by atoms with van der Waals surface area (Å²) in [6.45, 7) is -0.997. The molecule has 0 unspecified atom stereocenters. The first-order valence-corrected chi connectivity index (χ1v) is 5.91. The third-order valence-corrected chi connectivity index (χ3v) is 3.30. The molecule has 0 aromatic carbocycles. The minimum absolute atomic E-state index is 0.0261. The second-order valence-corrected chi connectivity index (χ2v) is 4.39. The van der Waals surface area contributed by atoms with Crippen LogP contribution in [0.4, 0.5) is 17.6 Å². The molecular weight excluding hydrogens is 385 g/mol. The molecule has 0 aliphatic heterocycles. The Morgan fingerprint density at radius 2 is 2.11 bits per heavy atom. The highest BCUT2D eigenvalue weighted by atomic mass is 127. The molecule has 0 fully saturated rings. The number of carbonyl (C=O) groups is 1. The van der Waals surface area contributed by atoms with Gasteiger partial charge in [-0.3, -0.25) is 4.79 Å². The first kappa shape index (κ1) is 15.9. The molecule has 0 radical (unpaired) electrons. The lowest BCUT2D eigenvalue weighted by Gasteiger charge is -2.12. The molecular formula is C10H8F4INO3. The van der Waals surface area contributed by atoms with Crippen LogP contribution in [0.2, 0.25) is 0 Å². The number of carbonyl (C=O) groups excluding carboxylic acids is 1. The minimum Gasteiger partial charge on any atom is -0.469 e. The van der Waals surface area contributed by atoms with Crippen LogP contribution < -0.4 is 4.74 Å². The van der Waals surface area contributed by atoms with Gasteiger partial charge in [-0.25, -0.2) is 9.37 Å². The van der Waals surface area contributed by atoms with E-state index in [2.05, 4.69) is 14.5 Å². The fourth-order valence-corrected chi connectivity index (χ4v) is 1.82. The molecule has 1 aromatic rings. The third kappa shape index (κ3) is 4.80. The number of methoxy groups -OCH3 is 1. The molecule has 1 aromatic heterocycles. The Bertz CT molecular complexity index is 479. The van der Waals surface area contributed by atoms with Crippen LogP contribution in [0.1, 0.15) is 11.3 Å². The van der Waals surface area contributed by atoms with Crippen molar-refractivity contribution in [1.29, 1.82) is 0 Å². The summed E-state index contributed by atoms with van der Waals surface area (Å²) in [5, 5.41) is 0. The van der Waals surface area contributed by atoms with Crippen molar-refractivity contribution in [2.24, 2.45) is 0 Å². The Labute approximate surface area is 119 Å². The summed E-state index contributed by atoms with van der Waals surface area (Å²) in [5.41, 5.74) is -0.0596. The Balaban J connectivity index is 3.14. The Hall–Kier alpha value is -1.13. The number of ether oxygens (including phenoxy) is 2. The van der Waals surface area contributed by atoms with Gasteiger partial charge in [0.05, 0.1) is 19.2 Å². The smallest absolute Gasteiger partial charge is 0.469 e. The van der Waals surface area contributed by atoms with Crippen LogP contribution in [0.25, 0.3) is 0 Å². The van der Waals surface area contributed by atoms with Gasteiger partial charge < -0.3 is 9.47 Å². The fourth-order valence-electron chi connectivity index (χ4n) is 1.21. The monoisotopic (exact) mass is 393 g/mol. The summed E-state index contributed by atoms with van der Waals surface area (Å²) in [7, 11) is 1.13. The summed E-state index contributed by atoms with van der Waals surface area (Å²) >= 11 is 1.70. The third-order valence-electron chi connectivity index (χ3n) is 1.98. The van der Waals surface area contributed by atoms with Crippen LogP contribution in [0, 0.1) is 3.57 Å². The van der Waals surface area contributed by atoms with E-state index in [1.807, 2.05) is 0 Å². The lowest BCUT2D eigenvalue weighted by atomic mass is 10.2. The van der Waals surface area contributed by atoms with Crippen LogP contribution in [-0.4, -0.2) is 24.4 Å². The Kier molecular flexibility index (Phi) is 5.32. The molecule has 4 nitrogen and oxygen atoms in total. The van der Waals surface area contributed by atoms with E-state index in [0.717, 1.165) is 13.2 Å². The van der Waals surface area contributed by atoms with Gasteiger partial charge in [-0.1, -0.05) is 0 Å². The number of rotatable bonds is 4. The molecule has 0 saturated carbocycles. The molecule has 106 valence electrons. The Morgan fingerprint density at radius 1 is 1.47 bits per heavy atom. The molecule has 1 heterocycles. The van der Waals surface area contributed by atoms with Crippen LogP contribution >= 0.6 is 22.6 Å². The van der Waals surface area contributed by atoms with Crippen molar-refractivity contribution in [3.63, 3.8) is 0 Å². The first-order valence-electron chi connectivity index (χ1n) is 4.83. The standard InChI is InChI=1S/C10H8F4INO3/c1-18-8(17)3-6-9(15)5(4-11)2-7(16-6)19-10(12,13)14/h2H,3-4H2,1H3. The number of nitrogens with zero attached hydrogens (tertiary/aromatic N) is 1. The lowest BCUT2D eigenvalue weighted by molar-refractivity contribution is -0.276. The molecule has 0 spiro atoms. The number of aromatic nitrogens is 1. The molecule has 0 atom stereocenters. The predicted octanol–water partition coefficient (Wildman–Crippen LogP) is 2.77. The molecule has 0 aliphatic rings. The zero-order valence-electron chi connectivity index (χ0n) is 9.55. The molecule has 19 heavy (non-hydrogen) atoms. The maximum atomic E-state index is 12.7. The topological polar surface area (TPSA) is 48.4 Å². The maximum absolute atomic E-state index is 12.7. The highest BCUT2D eigenvalue weighted by Gasteiger charge is 2.32. The summed E-state index contributed by atoms with van der Waals surface area (Å²) < 4.78 is 57.2. The largest absolute Gasteiger partial charge is 0.574 e. The van der Waals surface area contributed by atoms with E-state index in [0.29, 0.717) is 0 Å². The number of esters is 1. The van der Waals surface area contributed by atoms with Crippen LogP contribution in [0.15, 0.2) is 6.07 Å². The second kappa shape index (κ2) is 6.35. The highest BCUT2D eigenvalue weighted by molar-refractivity contribution is 14.1. The average molecular weight is 393 g/mol. The van der Waals surface area contributed by atoms with Crippen molar-refractivity contribution in [3.05, 3.63) is 20.9 Å². The predicted molar refractivity (Wildman–Crippen MR) is 64.2 cm³/mol. The van der Waals surface area contributed by atoms with Gasteiger partial charge in [-0.15, -0.1) is 13.2 Å². The SMILES string of the molecule is COC(=O)Cc1nc(OC(F)(F)F)cc(CF)c1I. The maximum Gasteiger partial charge on any atom is 0.574 e. The molecule has 0 N–H and O–H groups in total. The summed E-state index contributed by atoms with van der Waals surface area (Å²) in [5.74, 6) is -1.50. The van der Waals surface area contributed by atoms with Gasteiger partial charge in [0.2, 0.25) is 5.88 Å². The normalized spacial score (nSPS) is 11.3. The fraction of sp³-hybridized carbons (Fsp3) is 0.400. The van der Waals surface area contributed by atoms with Gasteiger partial charge in [-0.05, 0) is 22.6 Å². The van der Waals surface area contributed by atoms with E-state index < -0.39 is 24.9 Å². The number of hydrogen-bond donors (Lipinski definition) is 0. The zero-order valence-corrected chi connectivity index (χ0v) is 11.7. The van der Waals surface area contributed by atoms with Crippen molar-refractivity contribution in [3.8, 4) is 5.88 Å². The number of hydrogen-bond acceptors (Lipinski definition) is 4. The van der Waals surface area contributed by atoms with Crippen LogP contribution in [0.5, 0.6) is 5.88 Å². The number of alkyl halides is 4. The van der Waals surface area contributed by atoms with Gasteiger partial charge in [0.1, 0.15) is 6.67 Å². The number of pyridine rings is 1. The van der Waals surface area contributed by atoms with E-state index in [-0.39, 0.29) is 21.2 Å². The minimum atomic E-state index is -4.93. The van der Waals surface area contributed by atoms with Crippen molar-refractivity contribution >= 4 is 28.6 Å². The van der Waals surface area contributed by atoms with Crippen molar-refractivity contribution in [2.75, 3.05) is 7.11 Å². The summed E-state index contributed by atoms with van der Waals surface area (Å²) in [6.07, 6.45) is -5.30. The molecule has 1 rings (SSSR count). The van der Waals surface area contributed by atoms with E-state index in [1.165, 1.54) is 0 Å². The van der Waals surface area contributed by atoms with Crippen molar-refractivity contribution < 1.29 is 31.8 Å². The van der Waals surface area contributed by atoms with Crippen LogP contribution in [0.3, 0.4) is 0 Å². The van der Waals surface area contributed by atoms with Crippen LogP contribution in [-0.2, 0) is 22.6 Å². The van der Waals surface area contributed by atoms with Gasteiger partial charge in [0, 0.05) is 15.2 Å².